The third kappa shape index (κ3) is 42.6. The number of likely N-dealkylation sites (N-methyl/N-ethyl adjacent to an activating group) is 1. The van der Waals surface area contributed by atoms with Gasteiger partial charge in [0.15, 0.2) is 6.10 Å². The second-order valence-corrected chi connectivity index (χ2v) is 16.6. The highest BCUT2D eigenvalue weighted by Gasteiger charge is 2.21. The summed E-state index contributed by atoms with van der Waals surface area (Å²) in [6.45, 7) is 3.73. The molecule has 0 aliphatic rings. The van der Waals surface area contributed by atoms with E-state index in [9.17, 15) is 24.2 Å². The van der Waals surface area contributed by atoms with E-state index in [1.54, 1.807) is 0 Å². The zero-order chi connectivity index (χ0) is 43.7. The molecule has 334 valence electrons. The zero-order valence-electron chi connectivity index (χ0n) is 37.0. The van der Waals surface area contributed by atoms with Crippen LogP contribution in [0.4, 0.5) is 0 Å². The van der Waals surface area contributed by atoms with Crippen LogP contribution in [0.2, 0.25) is 0 Å². The molecule has 0 heterocycles. The third-order valence-corrected chi connectivity index (χ3v) is 9.33. The fraction of sp³-hybridized carbons (Fsp3) is 0.583. The van der Waals surface area contributed by atoms with Gasteiger partial charge >= 0.3 is 11.9 Å². The summed E-state index contributed by atoms with van der Waals surface area (Å²) in [7, 11) is 1.07. The summed E-state index contributed by atoms with van der Waals surface area (Å²) in [5.74, 6) is -0.969. The second kappa shape index (κ2) is 38.8. The van der Waals surface area contributed by atoms with Crippen LogP contribution in [0.3, 0.4) is 0 Å². The molecule has 0 amide bonds. The number of aliphatic hydroxyl groups excluding tert-OH is 1. The van der Waals surface area contributed by atoms with E-state index in [1.165, 1.54) is 0 Å². The molecule has 0 saturated carbocycles. The number of aliphatic hydroxyl groups is 1. The van der Waals surface area contributed by atoms with E-state index in [1.807, 2.05) is 76.7 Å². The first-order valence-corrected chi connectivity index (χ1v) is 23.2. The Labute approximate surface area is 358 Å². The number of hydrogen-bond acceptors (Lipinski definition) is 9. The van der Waals surface area contributed by atoms with Crippen LogP contribution in [-0.2, 0) is 32.7 Å². The van der Waals surface area contributed by atoms with Crippen LogP contribution in [0, 0.1) is 0 Å². The number of rotatable bonds is 37. The number of nitrogens with zero attached hydrogens (tertiary/aromatic N) is 1. The van der Waals surface area contributed by atoms with E-state index in [0.717, 1.165) is 70.6 Å². The van der Waals surface area contributed by atoms with Gasteiger partial charge in [-0.25, -0.2) is 0 Å². The van der Waals surface area contributed by atoms with Gasteiger partial charge in [0.25, 0.3) is 7.82 Å². The van der Waals surface area contributed by atoms with Crippen molar-refractivity contribution in [1.29, 1.82) is 0 Å². The topological polar surface area (TPSA) is 131 Å². The highest BCUT2D eigenvalue weighted by atomic mass is 31.2. The fourth-order valence-electron chi connectivity index (χ4n) is 4.99. The van der Waals surface area contributed by atoms with Gasteiger partial charge in [-0.15, -0.1) is 0 Å². The summed E-state index contributed by atoms with van der Waals surface area (Å²) < 4.78 is 33.8. The summed E-state index contributed by atoms with van der Waals surface area (Å²) in [5, 5.41) is 9.77. The average molecular weight is 844 g/mol. The second-order valence-electron chi connectivity index (χ2n) is 15.1. The Hall–Kier alpha value is -3.37. The lowest BCUT2D eigenvalue weighted by Crippen LogP contribution is -2.37. The van der Waals surface area contributed by atoms with E-state index in [0.29, 0.717) is 36.7 Å². The molecule has 0 aromatic rings. The maximum Gasteiger partial charge on any atom is 0.306 e. The smallest absolute Gasteiger partial charge is 0.306 e. The van der Waals surface area contributed by atoms with Crippen LogP contribution in [-0.4, -0.2) is 81.2 Å². The van der Waals surface area contributed by atoms with Crippen LogP contribution in [0.5, 0.6) is 0 Å². The van der Waals surface area contributed by atoms with Crippen LogP contribution in [0.15, 0.2) is 109 Å². The van der Waals surface area contributed by atoms with Gasteiger partial charge in [-0.3, -0.25) is 14.2 Å². The Bertz CT molecular complexity index is 1380. The van der Waals surface area contributed by atoms with E-state index >= 15 is 0 Å². The Kier molecular flexibility index (Phi) is 36.6. The van der Waals surface area contributed by atoms with Gasteiger partial charge < -0.3 is 33.0 Å². The normalized spacial score (nSPS) is 15.2. The molecule has 0 aliphatic carbocycles. The number of hydrogen-bond donors (Lipinski definition) is 1. The molecule has 0 saturated heterocycles. The molecule has 0 radical (unpaired) electrons. The number of esters is 2. The summed E-state index contributed by atoms with van der Waals surface area (Å²) in [4.78, 5) is 37.5. The number of phosphoric ester groups is 1. The Morgan fingerprint density at radius 3 is 1.76 bits per heavy atom. The Morgan fingerprint density at radius 1 is 0.627 bits per heavy atom. The highest BCUT2D eigenvalue weighted by Crippen LogP contribution is 2.38. The lowest BCUT2D eigenvalue weighted by molar-refractivity contribution is -0.870. The van der Waals surface area contributed by atoms with E-state index in [4.69, 9.17) is 18.5 Å². The quantitative estimate of drug-likeness (QED) is 0.0162. The molecule has 0 fully saturated rings. The molecule has 59 heavy (non-hydrogen) atoms. The molecular weight excluding hydrogens is 766 g/mol. The number of ether oxygens (including phenoxy) is 2. The minimum absolute atomic E-state index is 0.0588. The minimum atomic E-state index is -4.66. The molecule has 11 heteroatoms. The largest absolute Gasteiger partial charge is 0.756 e. The summed E-state index contributed by atoms with van der Waals surface area (Å²) in [6.07, 6.45) is 48.9. The predicted molar refractivity (Wildman–Crippen MR) is 241 cm³/mol. The molecule has 2 unspecified atom stereocenters. The number of carbonyl (C=O) groups excluding carboxylic acids is 2. The van der Waals surface area contributed by atoms with Crippen molar-refractivity contribution in [3.63, 3.8) is 0 Å². The molecule has 0 aliphatic heterocycles. The lowest BCUT2D eigenvalue weighted by atomic mass is 10.1. The van der Waals surface area contributed by atoms with Gasteiger partial charge in [0, 0.05) is 12.8 Å². The van der Waals surface area contributed by atoms with Crippen LogP contribution in [0.1, 0.15) is 123 Å². The Morgan fingerprint density at radius 2 is 1.15 bits per heavy atom. The minimum Gasteiger partial charge on any atom is -0.756 e. The maximum atomic E-state index is 12.7. The van der Waals surface area contributed by atoms with Crippen molar-refractivity contribution < 1.29 is 47.2 Å². The van der Waals surface area contributed by atoms with Crippen LogP contribution in [0.25, 0.3) is 0 Å². The molecule has 10 nitrogen and oxygen atoms in total. The number of quaternary nitrogens is 1. The van der Waals surface area contributed by atoms with Crippen molar-refractivity contribution in [3.8, 4) is 0 Å². The van der Waals surface area contributed by atoms with Crippen LogP contribution >= 0.6 is 7.82 Å². The Balaban J connectivity index is 4.57. The molecule has 0 bridgehead atoms. The van der Waals surface area contributed by atoms with E-state index in [-0.39, 0.29) is 26.1 Å². The summed E-state index contributed by atoms with van der Waals surface area (Å²) >= 11 is 0. The molecule has 0 aromatic carbocycles. The van der Waals surface area contributed by atoms with Crippen molar-refractivity contribution in [2.24, 2.45) is 0 Å². The summed E-state index contributed by atoms with van der Waals surface area (Å²) in [5.41, 5.74) is 0. The highest BCUT2D eigenvalue weighted by molar-refractivity contribution is 7.45. The first-order chi connectivity index (χ1) is 28.4. The monoisotopic (exact) mass is 844 g/mol. The number of allylic oxidation sites excluding steroid dienone is 16. The average Bonchev–Trinajstić information content (AvgIpc) is 3.18. The number of carbonyl (C=O) groups is 2. The van der Waals surface area contributed by atoms with Crippen molar-refractivity contribution in [2.75, 3.05) is 47.5 Å². The van der Waals surface area contributed by atoms with Gasteiger partial charge in [0.2, 0.25) is 0 Å². The van der Waals surface area contributed by atoms with Crippen molar-refractivity contribution >= 4 is 19.8 Å². The standard InChI is InChI=1S/C48H78NO9P/c1-6-8-10-11-12-13-14-15-16-17-18-19-24-27-30-33-36-40-48(52)58-46(44-57-59(53,54)56-42-41-49(3,4)5)43-55-47(51)39-35-32-29-26-23-21-20-22-25-28-31-34-38-45(50)37-9-7-2/h8-10,12-13,15-16,18-21,25-26,28-29,31,34,37,45-46,50H,6-7,11,14,17,22-24,27,30,32-33,35-36,38-44H2,1-5H3/b10-8-,13-12-,16-15-,19-18-,21-20-,28-25-,29-26-,34-31+,37-9-/t45?,46-/m1/s1. The fourth-order valence-corrected chi connectivity index (χ4v) is 5.72. The van der Waals surface area contributed by atoms with Gasteiger partial charge in [-0.1, -0.05) is 136 Å². The van der Waals surface area contributed by atoms with Gasteiger partial charge in [0.1, 0.15) is 19.8 Å². The lowest BCUT2D eigenvalue weighted by Gasteiger charge is -2.28. The summed E-state index contributed by atoms with van der Waals surface area (Å²) in [6, 6.07) is 0. The van der Waals surface area contributed by atoms with Crippen molar-refractivity contribution in [1.82, 2.24) is 0 Å². The zero-order valence-corrected chi connectivity index (χ0v) is 37.9. The molecule has 0 spiro atoms. The third-order valence-electron chi connectivity index (χ3n) is 8.36. The number of unbranched alkanes of at least 4 members (excludes halogenated alkanes) is 5. The molecule has 0 aromatic heterocycles. The molecule has 1 N–H and O–H groups in total. The first kappa shape index (κ1) is 55.6. The van der Waals surface area contributed by atoms with Crippen molar-refractivity contribution in [2.45, 2.75) is 135 Å². The van der Waals surface area contributed by atoms with Crippen molar-refractivity contribution in [3.05, 3.63) is 109 Å². The predicted octanol–water partition coefficient (Wildman–Crippen LogP) is 10.7. The maximum absolute atomic E-state index is 12.7. The van der Waals surface area contributed by atoms with Crippen LogP contribution < -0.4 is 4.89 Å². The van der Waals surface area contributed by atoms with Gasteiger partial charge in [-0.2, -0.15) is 0 Å². The number of phosphoric acid groups is 1. The molecular formula is C48H78NO9P. The SMILES string of the molecule is CC/C=C\C/C=C\C/C=C\C/C=C\CCCCCCC(=O)O[C@H](COC(=O)CCC/C=C\C/C=C\C/C=C\C=C\CC(O)/C=C\CC)COP(=O)([O-])OCC[N+](C)(C)C. The van der Waals surface area contributed by atoms with E-state index in [2.05, 4.69) is 67.7 Å². The van der Waals surface area contributed by atoms with Gasteiger partial charge in [0.05, 0.1) is 33.9 Å². The first-order valence-electron chi connectivity index (χ1n) is 21.7. The van der Waals surface area contributed by atoms with Gasteiger partial charge in [-0.05, 0) is 83.5 Å². The van der Waals surface area contributed by atoms with E-state index < -0.39 is 38.6 Å². The molecule has 0 rings (SSSR count). The molecule has 3 atom stereocenters.